The summed E-state index contributed by atoms with van der Waals surface area (Å²) in [4.78, 5) is 0. The van der Waals surface area contributed by atoms with Gasteiger partial charge < -0.3 is 0 Å². The Morgan fingerprint density at radius 1 is 0.215 bits per heavy atom. The van der Waals surface area contributed by atoms with Gasteiger partial charge in [0.1, 0.15) is 82.1 Å². The maximum atomic E-state index is 14.5. The van der Waals surface area contributed by atoms with Crippen LogP contribution >= 0.6 is 0 Å². The van der Waals surface area contributed by atoms with Crippen molar-refractivity contribution in [2.45, 2.75) is 107 Å². The number of benzene rings is 5. The third kappa shape index (κ3) is 19.8. The largest absolute Gasteiger partial charge is 0.416 e. The highest BCUT2D eigenvalue weighted by Crippen LogP contribution is 2.45. The maximum absolute atomic E-state index is 14.5. The van der Waals surface area contributed by atoms with E-state index in [9.17, 15) is 22.0 Å². The van der Waals surface area contributed by atoms with Crippen molar-refractivity contribution in [2.75, 3.05) is 0 Å². The van der Waals surface area contributed by atoms with E-state index in [-0.39, 0.29) is 10.8 Å². The maximum Gasteiger partial charge on any atom is 0.416 e. The predicted octanol–water partition coefficient (Wildman–Crippen LogP) is 19.4. The van der Waals surface area contributed by atoms with Crippen molar-refractivity contribution in [3.63, 3.8) is 0 Å². The van der Waals surface area contributed by atoms with Crippen LogP contribution in [0, 0.1) is 60.1 Å². The van der Waals surface area contributed by atoms with Crippen LogP contribution in [0.1, 0.15) is 97.2 Å². The molecule has 5 aromatic carbocycles. The Morgan fingerprint density at radius 3 is 0.678 bits per heavy atom. The monoisotopic (exact) mass is 1620 g/mol. The Balaban J connectivity index is 0.000000148. The van der Waals surface area contributed by atoms with Crippen molar-refractivity contribution in [3.8, 4) is 113 Å². The fourth-order valence-electron chi connectivity index (χ4n) is 16.5. The lowest BCUT2D eigenvalue weighted by Gasteiger charge is -2.30. The van der Waals surface area contributed by atoms with E-state index in [0.29, 0.717) is 39.2 Å². The fourth-order valence-corrected chi connectivity index (χ4v) is 16.5. The molecule has 0 bridgehead atoms. The van der Waals surface area contributed by atoms with Gasteiger partial charge >= 0.3 is 6.18 Å². The van der Waals surface area contributed by atoms with Crippen LogP contribution in [0.4, 0.5) is 22.0 Å². The average molecular weight is 1630 g/mol. The summed E-state index contributed by atoms with van der Waals surface area (Å²) in [7, 11) is 20.0. The molecule has 15 heteroatoms. The summed E-state index contributed by atoms with van der Waals surface area (Å²) in [6.07, 6.45) is 15.6. The number of nitrogens with zero attached hydrogens (tertiary/aromatic N) is 10. The molecule has 0 saturated heterocycles. The standard InChI is InChI=1S/C27H36N2.C21H24N2.C20H19F3N2.C19H18F2N2.C19H20N2/c1-19-24(22-14-10-12-16-28(22)8)20(26(2,3)4)18-21(27(5,6)7)25(19)23-15-11-13-17-29(23)9;1-15-14-16(2)21(19-11-7-9-13-23(19)5)17(3)20(15)18-10-6-8-12-22(18)4;1-14-16(18-8-4-6-10-24(18)2)12-15(20(21,22)23)13-17(14)19-9-5-7-11-25(19)3;1-13-18(16-8-4-6-10-22(16)2)14(20)12-15(21)19(13)17-9-5-7-11-23(17)3;1-15-16(18-11-4-6-13-20(18)2)9-8-10-17(15)19-12-5-7-14-21(19)3/h10-18H,1-9H3;6-14H,1-5H3;4-13H,1-3H3;4-12H,1-3H3;4-14H,1-3H3/q5*+2. The van der Waals surface area contributed by atoms with Crippen molar-refractivity contribution in [2.24, 2.45) is 70.5 Å². The molecule has 0 fully saturated rings. The molecule has 0 unspecified atom stereocenters. The van der Waals surface area contributed by atoms with Crippen LogP contribution in [0.25, 0.3) is 113 Å². The van der Waals surface area contributed by atoms with E-state index in [1.54, 1.807) is 6.92 Å². The number of hydrogen-bond donors (Lipinski definition) is 0. The Labute approximate surface area is 713 Å². The van der Waals surface area contributed by atoms with Gasteiger partial charge in [0.15, 0.2) is 62.0 Å². The zero-order valence-corrected chi connectivity index (χ0v) is 74.6. The fraction of sp³-hybridized carbons (Fsp3) is 0.245. The first kappa shape index (κ1) is 89.0. The van der Waals surface area contributed by atoms with Gasteiger partial charge in [-0.1, -0.05) is 59.7 Å². The van der Waals surface area contributed by atoms with Crippen molar-refractivity contribution >= 4 is 0 Å². The normalized spacial score (nSPS) is 11.3. The van der Waals surface area contributed by atoms with Crippen LogP contribution in [0.2, 0.25) is 0 Å². The molecule has 15 aromatic rings. The SMILES string of the molecule is Cc1c(-c2cccc[n+]2C)c(C(C)(C)C)cc(C(C)(C)C)c1-c1cccc[n+]1C.Cc1c(-c2cccc[n+]2C)c(F)cc(F)c1-c1cccc[n+]1C.Cc1c(-c2cccc[n+]2C)cc(C(F)(F)F)cc1-c1cccc[n+]1C.Cc1c(-c2cccc[n+]2C)cccc1-c1cccc[n+]1C.Cc1cc(C)c(-c2cccc[n+]2C)c(C)c1-c1cccc[n+]1C. The van der Waals surface area contributed by atoms with E-state index in [2.05, 4.69) is 323 Å². The molecule has 0 aliphatic carbocycles. The molecule has 0 spiro atoms. The molecule has 10 heterocycles. The molecular formula is C106H117F5N10+10. The Morgan fingerprint density at radius 2 is 0.430 bits per heavy atom. The third-order valence-electron chi connectivity index (χ3n) is 22.9. The lowest BCUT2D eigenvalue weighted by Crippen LogP contribution is -2.33. The molecular weight excluding hydrogens is 1510 g/mol. The van der Waals surface area contributed by atoms with E-state index in [0.717, 1.165) is 23.0 Å². The van der Waals surface area contributed by atoms with Gasteiger partial charge in [-0.05, 0) is 194 Å². The van der Waals surface area contributed by atoms with Crippen LogP contribution < -0.4 is 45.7 Å². The highest BCUT2D eigenvalue weighted by atomic mass is 19.4. The van der Waals surface area contributed by atoms with E-state index in [1.807, 2.05) is 151 Å². The number of rotatable bonds is 10. The summed E-state index contributed by atoms with van der Waals surface area (Å²) in [5.74, 6) is -1.10. The molecule has 0 saturated carbocycles. The summed E-state index contributed by atoms with van der Waals surface area (Å²) >= 11 is 0. The van der Waals surface area contributed by atoms with Gasteiger partial charge in [0.05, 0.1) is 50.1 Å². The molecule has 10 nitrogen and oxygen atoms in total. The molecule has 121 heavy (non-hydrogen) atoms. The van der Waals surface area contributed by atoms with Crippen LogP contribution in [0.5, 0.6) is 0 Å². The van der Waals surface area contributed by atoms with Gasteiger partial charge in [0, 0.05) is 139 Å². The van der Waals surface area contributed by atoms with E-state index in [4.69, 9.17) is 0 Å². The van der Waals surface area contributed by atoms with Crippen LogP contribution in [-0.4, -0.2) is 0 Å². The molecule has 0 atom stereocenters. The van der Waals surface area contributed by atoms with E-state index < -0.39 is 23.4 Å². The van der Waals surface area contributed by atoms with Crippen LogP contribution in [0.3, 0.4) is 0 Å². The smallest absolute Gasteiger partial charge is 0.206 e. The molecule has 0 radical (unpaired) electrons. The number of alkyl halides is 3. The summed E-state index contributed by atoms with van der Waals surface area (Å²) in [5.41, 5.74) is 30.6. The first-order valence-corrected chi connectivity index (χ1v) is 41.0. The topological polar surface area (TPSA) is 38.8 Å². The number of hydrogen-bond acceptors (Lipinski definition) is 0. The minimum absolute atomic E-state index is 0.0420. The van der Waals surface area contributed by atoms with Crippen molar-refractivity contribution in [1.29, 1.82) is 0 Å². The summed E-state index contributed by atoms with van der Waals surface area (Å²) in [6, 6.07) is 75.2. The van der Waals surface area contributed by atoms with Crippen LogP contribution in [-0.2, 0) is 87.5 Å². The van der Waals surface area contributed by atoms with Gasteiger partial charge in [0.25, 0.3) is 0 Å². The minimum atomic E-state index is -4.40. The average Bonchev–Trinajstić information content (AvgIpc) is 0.744. The number of pyridine rings is 10. The summed E-state index contributed by atoms with van der Waals surface area (Å²) in [5, 5.41) is 0. The van der Waals surface area contributed by atoms with Gasteiger partial charge in [0.2, 0.25) is 56.9 Å². The van der Waals surface area contributed by atoms with Gasteiger partial charge in [-0.2, -0.15) is 13.2 Å². The molecule has 0 aliphatic rings. The number of aromatic nitrogens is 10. The Hall–Kier alpha value is -12.8. The summed E-state index contributed by atoms with van der Waals surface area (Å²) in [6.45, 7) is 28.7. The molecule has 0 aliphatic heterocycles. The van der Waals surface area contributed by atoms with Crippen molar-refractivity contribution in [3.05, 3.63) is 360 Å². The van der Waals surface area contributed by atoms with Gasteiger partial charge in [-0.15, -0.1) is 0 Å². The predicted molar refractivity (Wildman–Crippen MR) is 474 cm³/mol. The molecule has 10 aromatic heterocycles. The molecule has 15 rings (SSSR count). The minimum Gasteiger partial charge on any atom is -0.206 e. The molecule has 0 N–H and O–H groups in total. The van der Waals surface area contributed by atoms with Crippen molar-refractivity contribution in [1.82, 2.24) is 0 Å². The van der Waals surface area contributed by atoms with E-state index in [1.165, 1.54) is 119 Å². The highest BCUT2D eigenvalue weighted by Gasteiger charge is 2.37. The third-order valence-corrected chi connectivity index (χ3v) is 22.9. The lowest BCUT2D eigenvalue weighted by atomic mass is 9.73. The number of aryl methyl sites for hydroxylation is 12. The Kier molecular flexibility index (Phi) is 27.7. The zero-order chi connectivity index (χ0) is 87.7. The second-order valence-electron chi connectivity index (χ2n) is 33.6. The molecule has 0 amide bonds. The molecule has 616 valence electrons. The van der Waals surface area contributed by atoms with E-state index >= 15 is 0 Å². The summed E-state index contributed by atoms with van der Waals surface area (Å²) < 4.78 is 90.0. The second-order valence-corrected chi connectivity index (χ2v) is 33.6. The Bertz CT molecular complexity index is 5810. The highest BCUT2D eigenvalue weighted by molar-refractivity contribution is 5.82. The van der Waals surface area contributed by atoms with Gasteiger partial charge in [-0.25, -0.2) is 54.5 Å². The van der Waals surface area contributed by atoms with Gasteiger partial charge in [-0.3, -0.25) is 0 Å². The first-order valence-electron chi connectivity index (χ1n) is 41.0. The zero-order valence-electron chi connectivity index (χ0n) is 74.6. The number of halogens is 5. The first-order chi connectivity index (χ1) is 57.4. The second kappa shape index (κ2) is 37.7. The van der Waals surface area contributed by atoms with Crippen molar-refractivity contribution < 1.29 is 67.6 Å². The lowest BCUT2D eigenvalue weighted by molar-refractivity contribution is -0.661. The van der Waals surface area contributed by atoms with Crippen LogP contribution in [0.15, 0.2) is 292 Å². The quantitative estimate of drug-likeness (QED) is 0.0967.